The smallest absolute Gasteiger partial charge is 0.365 e. The molecular formula is C12H15Cl2O4P. The van der Waals surface area contributed by atoms with E-state index in [1.165, 1.54) is 27.2 Å². The van der Waals surface area contributed by atoms with Crippen molar-refractivity contribution in [2.24, 2.45) is 0 Å². The summed E-state index contributed by atoms with van der Waals surface area (Å²) >= 11 is 11.7. The van der Waals surface area contributed by atoms with Gasteiger partial charge < -0.3 is 14.2 Å². The average Bonchev–Trinajstić information content (AvgIpc) is 2.34. The summed E-state index contributed by atoms with van der Waals surface area (Å²) < 4.78 is 21.7. The van der Waals surface area contributed by atoms with Crippen LogP contribution in [0, 0.1) is 0 Å². The zero-order valence-electron chi connectivity index (χ0n) is 10.8. The molecule has 0 bridgehead atoms. The molecule has 0 fully saturated rings. The number of benzene rings is 1. The molecule has 106 valence electrons. The predicted octanol–water partition coefficient (Wildman–Crippen LogP) is 4.20. The summed E-state index contributed by atoms with van der Waals surface area (Å²) in [6.45, 7) is 1.34. The van der Waals surface area contributed by atoms with Crippen molar-refractivity contribution >= 4 is 36.9 Å². The third kappa shape index (κ3) is 4.06. The molecule has 1 atom stereocenters. The lowest BCUT2D eigenvalue weighted by Crippen LogP contribution is -2.22. The maximum absolute atomic E-state index is 12.1. The van der Waals surface area contributed by atoms with Crippen LogP contribution in [0.1, 0.15) is 12.5 Å². The van der Waals surface area contributed by atoms with Crippen LogP contribution in [0.5, 0.6) is 0 Å². The minimum Gasteiger partial charge on any atom is -0.374 e. The van der Waals surface area contributed by atoms with Crippen molar-refractivity contribution in [2.75, 3.05) is 14.2 Å². The minimum absolute atomic E-state index is 0.466. The Morgan fingerprint density at radius 1 is 1.21 bits per heavy atom. The molecule has 1 rings (SSSR count). The van der Waals surface area contributed by atoms with Crippen LogP contribution in [0.4, 0.5) is 0 Å². The zero-order valence-corrected chi connectivity index (χ0v) is 13.2. The summed E-state index contributed by atoms with van der Waals surface area (Å²) in [5.41, 5.74) is 0.663. The molecule has 1 N–H and O–H groups in total. The number of hydrogen-bond donors (Lipinski definition) is 1. The van der Waals surface area contributed by atoms with Crippen LogP contribution in [0.3, 0.4) is 0 Å². The van der Waals surface area contributed by atoms with Crippen LogP contribution < -0.4 is 0 Å². The number of hydrogen-bond acceptors (Lipinski definition) is 4. The topological polar surface area (TPSA) is 55.8 Å². The van der Waals surface area contributed by atoms with E-state index in [9.17, 15) is 9.67 Å². The van der Waals surface area contributed by atoms with Gasteiger partial charge in [0, 0.05) is 24.3 Å². The van der Waals surface area contributed by atoms with Gasteiger partial charge in [-0.1, -0.05) is 29.3 Å². The van der Waals surface area contributed by atoms with Crippen LogP contribution in [-0.4, -0.2) is 24.7 Å². The second kappa shape index (κ2) is 6.40. The van der Waals surface area contributed by atoms with E-state index in [1.807, 2.05) is 0 Å². The SMILES string of the molecule is COP(=O)(OC)[C@@](C)(O)/C=C/c1cc(Cl)cc(Cl)c1. The molecule has 0 aliphatic carbocycles. The molecule has 19 heavy (non-hydrogen) atoms. The summed E-state index contributed by atoms with van der Waals surface area (Å²) in [5.74, 6) is 0. The first-order valence-electron chi connectivity index (χ1n) is 5.33. The highest BCUT2D eigenvalue weighted by Gasteiger charge is 2.42. The van der Waals surface area contributed by atoms with Crippen LogP contribution >= 0.6 is 30.8 Å². The van der Waals surface area contributed by atoms with E-state index in [1.54, 1.807) is 24.3 Å². The molecule has 1 aromatic carbocycles. The summed E-state index contributed by atoms with van der Waals surface area (Å²) in [4.78, 5) is 0. The van der Waals surface area contributed by atoms with Crippen LogP contribution in [-0.2, 0) is 13.6 Å². The van der Waals surface area contributed by atoms with E-state index in [-0.39, 0.29) is 0 Å². The lowest BCUT2D eigenvalue weighted by molar-refractivity contribution is 0.134. The Balaban J connectivity index is 3.06. The van der Waals surface area contributed by atoms with Gasteiger partial charge in [-0.3, -0.25) is 4.57 Å². The van der Waals surface area contributed by atoms with Gasteiger partial charge in [-0.2, -0.15) is 0 Å². The number of rotatable bonds is 5. The lowest BCUT2D eigenvalue weighted by Gasteiger charge is -2.26. The fourth-order valence-electron chi connectivity index (χ4n) is 1.46. The van der Waals surface area contributed by atoms with Crippen molar-refractivity contribution in [1.82, 2.24) is 0 Å². The first-order chi connectivity index (χ1) is 8.74. The molecule has 0 heterocycles. The molecule has 0 aliphatic rings. The highest BCUT2D eigenvalue weighted by molar-refractivity contribution is 7.55. The summed E-state index contributed by atoms with van der Waals surface area (Å²) in [6.07, 6.45) is 2.87. The molecule has 0 aliphatic heterocycles. The van der Waals surface area contributed by atoms with Gasteiger partial charge in [0.2, 0.25) is 0 Å². The Morgan fingerprint density at radius 3 is 2.11 bits per heavy atom. The maximum atomic E-state index is 12.1. The fraction of sp³-hybridized carbons (Fsp3) is 0.333. The standard InChI is InChI=1S/C12H15Cl2O4P/c1-12(15,19(16,17-2)18-3)5-4-9-6-10(13)8-11(14)7-9/h4-8,15H,1-3H3/b5-4+/t12-/m1/s1. The molecule has 0 aromatic heterocycles. The zero-order chi connectivity index (χ0) is 14.7. The van der Waals surface area contributed by atoms with Gasteiger partial charge in [0.15, 0.2) is 5.34 Å². The molecule has 0 saturated carbocycles. The average molecular weight is 325 g/mol. The Bertz CT molecular complexity index is 500. The molecule has 1 aromatic rings. The Hall–Kier alpha value is -0.350. The van der Waals surface area contributed by atoms with Gasteiger partial charge in [0.05, 0.1) is 0 Å². The third-order valence-electron chi connectivity index (χ3n) is 2.51. The van der Waals surface area contributed by atoms with Crippen molar-refractivity contribution in [3.63, 3.8) is 0 Å². The van der Waals surface area contributed by atoms with E-state index in [0.717, 1.165) is 0 Å². The summed E-state index contributed by atoms with van der Waals surface area (Å²) in [7, 11) is -1.22. The van der Waals surface area contributed by atoms with Gasteiger partial charge >= 0.3 is 7.60 Å². The maximum Gasteiger partial charge on any atom is 0.365 e. The Kier molecular flexibility index (Phi) is 5.63. The van der Waals surface area contributed by atoms with Gasteiger partial charge in [-0.15, -0.1) is 0 Å². The quantitative estimate of drug-likeness (QED) is 0.824. The molecule has 0 spiro atoms. The van der Waals surface area contributed by atoms with Crippen LogP contribution in [0.2, 0.25) is 10.0 Å². The second-order valence-electron chi connectivity index (χ2n) is 3.99. The van der Waals surface area contributed by atoms with Gasteiger partial charge in [-0.25, -0.2) is 0 Å². The van der Waals surface area contributed by atoms with Crippen molar-refractivity contribution in [3.8, 4) is 0 Å². The first-order valence-corrected chi connectivity index (χ1v) is 7.63. The minimum atomic E-state index is -3.64. The van der Waals surface area contributed by atoms with Crippen molar-refractivity contribution in [3.05, 3.63) is 39.9 Å². The summed E-state index contributed by atoms with van der Waals surface area (Å²) in [6, 6.07) is 4.91. The fourth-order valence-corrected chi connectivity index (χ4v) is 3.15. The Morgan fingerprint density at radius 2 is 1.68 bits per heavy atom. The third-order valence-corrected chi connectivity index (χ3v) is 5.17. The monoisotopic (exact) mass is 324 g/mol. The van der Waals surface area contributed by atoms with E-state index < -0.39 is 12.9 Å². The first kappa shape index (κ1) is 16.7. The normalized spacial score (nSPS) is 15.7. The highest BCUT2D eigenvalue weighted by atomic mass is 35.5. The summed E-state index contributed by atoms with van der Waals surface area (Å²) in [5, 5.41) is 9.34. The van der Waals surface area contributed by atoms with Crippen molar-refractivity contribution in [2.45, 2.75) is 12.3 Å². The van der Waals surface area contributed by atoms with Crippen LogP contribution in [0.25, 0.3) is 6.08 Å². The van der Waals surface area contributed by atoms with Gasteiger partial charge in [-0.05, 0) is 36.8 Å². The molecule has 4 nitrogen and oxygen atoms in total. The molecule has 0 unspecified atom stereocenters. The van der Waals surface area contributed by atoms with E-state index in [4.69, 9.17) is 32.2 Å². The van der Waals surface area contributed by atoms with E-state index >= 15 is 0 Å². The molecule has 0 radical (unpaired) electrons. The second-order valence-corrected chi connectivity index (χ2v) is 7.50. The van der Waals surface area contributed by atoms with Crippen LogP contribution in [0.15, 0.2) is 24.3 Å². The van der Waals surface area contributed by atoms with Gasteiger partial charge in [0.1, 0.15) is 0 Å². The lowest BCUT2D eigenvalue weighted by atomic mass is 10.2. The number of aliphatic hydroxyl groups is 1. The highest BCUT2D eigenvalue weighted by Crippen LogP contribution is 2.58. The van der Waals surface area contributed by atoms with Crippen molar-refractivity contribution < 1.29 is 18.7 Å². The van der Waals surface area contributed by atoms with Gasteiger partial charge in [0.25, 0.3) is 0 Å². The Labute approximate surface area is 122 Å². The van der Waals surface area contributed by atoms with E-state index in [0.29, 0.717) is 15.6 Å². The molecule has 0 saturated heterocycles. The molecule has 0 amide bonds. The molecule has 7 heteroatoms. The van der Waals surface area contributed by atoms with Crippen molar-refractivity contribution in [1.29, 1.82) is 0 Å². The predicted molar refractivity (Wildman–Crippen MR) is 77.7 cm³/mol. The largest absolute Gasteiger partial charge is 0.374 e. The molecular weight excluding hydrogens is 310 g/mol. The van der Waals surface area contributed by atoms with E-state index in [2.05, 4.69) is 0 Å². The number of halogens is 2.